The molecule has 2 aromatic heterocycles. The summed E-state index contributed by atoms with van der Waals surface area (Å²) in [5.74, 6) is 2.26. The van der Waals surface area contributed by atoms with E-state index in [1.165, 1.54) is 5.56 Å². The maximum absolute atomic E-state index is 5.70. The molecule has 0 spiro atoms. The Morgan fingerprint density at radius 3 is 2.62 bits per heavy atom. The molecule has 0 saturated heterocycles. The first kappa shape index (κ1) is 13.4. The van der Waals surface area contributed by atoms with E-state index >= 15 is 0 Å². The van der Waals surface area contributed by atoms with Crippen molar-refractivity contribution in [2.45, 2.75) is 26.2 Å². The lowest BCUT2D eigenvalue weighted by molar-refractivity contribution is 0.372. The van der Waals surface area contributed by atoms with Crippen molar-refractivity contribution < 1.29 is 8.94 Å². The average molecular weight is 283 g/mol. The second kappa shape index (κ2) is 5.44. The molecule has 108 valence electrons. The van der Waals surface area contributed by atoms with Gasteiger partial charge in [-0.15, -0.1) is 0 Å². The van der Waals surface area contributed by atoms with Crippen LogP contribution in [0.15, 0.2) is 45.5 Å². The molecule has 21 heavy (non-hydrogen) atoms. The molecule has 0 aliphatic rings. The van der Waals surface area contributed by atoms with E-state index in [0.717, 1.165) is 17.0 Å². The van der Waals surface area contributed by atoms with Gasteiger partial charge in [-0.1, -0.05) is 24.2 Å². The molecule has 2 N–H and O–H groups in total. The number of nitrogens with two attached hydrogens (primary N) is 1. The van der Waals surface area contributed by atoms with E-state index in [-0.39, 0.29) is 5.92 Å². The molecule has 1 unspecified atom stereocenters. The number of benzene rings is 1. The van der Waals surface area contributed by atoms with Gasteiger partial charge in [0.05, 0.1) is 11.8 Å². The van der Waals surface area contributed by atoms with Gasteiger partial charge in [0.2, 0.25) is 11.7 Å². The Bertz CT molecular complexity index is 728. The summed E-state index contributed by atoms with van der Waals surface area (Å²) in [6.07, 6.45) is 2.31. The van der Waals surface area contributed by atoms with Crippen LogP contribution >= 0.6 is 0 Å². The number of furan rings is 1. The summed E-state index contributed by atoms with van der Waals surface area (Å²) in [5, 5.41) is 4.01. The summed E-state index contributed by atoms with van der Waals surface area (Å²) >= 11 is 0. The van der Waals surface area contributed by atoms with Gasteiger partial charge in [-0.05, 0) is 36.6 Å². The van der Waals surface area contributed by atoms with Crippen LogP contribution in [-0.2, 0) is 6.42 Å². The minimum atomic E-state index is 0.282. The largest absolute Gasteiger partial charge is 0.469 e. The monoisotopic (exact) mass is 283 g/mol. The van der Waals surface area contributed by atoms with Gasteiger partial charge in [0.1, 0.15) is 5.76 Å². The molecular formula is C16H17N3O2. The molecule has 1 atom stereocenters. The van der Waals surface area contributed by atoms with E-state index in [1.807, 2.05) is 37.3 Å². The fourth-order valence-electron chi connectivity index (χ4n) is 2.27. The molecule has 2 heterocycles. The molecule has 0 aliphatic carbocycles. The maximum Gasteiger partial charge on any atom is 0.227 e. The van der Waals surface area contributed by atoms with Crippen LogP contribution in [0.3, 0.4) is 0 Å². The first-order valence-electron chi connectivity index (χ1n) is 6.86. The fraction of sp³-hybridized carbons (Fsp3) is 0.250. The average Bonchev–Trinajstić information content (AvgIpc) is 3.08. The van der Waals surface area contributed by atoms with Crippen molar-refractivity contribution in [3.8, 4) is 11.4 Å². The summed E-state index contributed by atoms with van der Waals surface area (Å²) in [6, 6.07) is 9.70. The minimum absolute atomic E-state index is 0.282. The van der Waals surface area contributed by atoms with Crippen LogP contribution in [0.2, 0.25) is 0 Å². The second-order valence-corrected chi connectivity index (χ2v) is 5.17. The van der Waals surface area contributed by atoms with Gasteiger partial charge in [0.25, 0.3) is 0 Å². The number of rotatable bonds is 4. The zero-order valence-electron chi connectivity index (χ0n) is 12.0. The fourth-order valence-corrected chi connectivity index (χ4v) is 2.27. The normalized spacial score (nSPS) is 12.5. The number of aryl methyl sites for hydroxylation is 1. The third-order valence-electron chi connectivity index (χ3n) is 3.55. The second-order valence-electron chi connectivity index (χ2n) is 5.17. The van der Waals surface area contributed by atoms with Gasteiger partial charge in [-0.25, -0.2) is 0 Å². The molecule has 5 nitrogen and oxygen atoms in total. The summed E-state index contributed by atoms with van der Waals surface area (Å²) in [7, 11) is 0. The summed E-state index contributed by atoms with van der Waals surface area (Å²) in [5.41, 5.74) is 8.53. The Balaban J connectivity index is 1.75. The van der Waals surface area contributed by atoms with Gasteiger partial charge in [-0.3, -0.25) is 0 Å². The topological polar surface area (TPSA) is 78.1 Å². The maximum atomic E-state index is 5.70. The highest BCUT2D eigenvalue weighted by molar-refractivity contribution is 5.56. The van der Waals surface area contributed by atoms with Crippen LogP contribution < -0.4 is 5.73 Å². The Morgan fingerprint density at radius 2 is 1.95 bits per heavy atom. The zero-order valence-corrected chi connectivity index (χ0v) is 12.0. The molecular weight excluding hydrogens is 266 g/mol. The SMILES string of the molecule is Cc1occc1-c1noc(CC(C)c2ccc(N)cc2)n1. The van der Waals surface area contributed by atoms with E-state index in [1.54, 1.807) is 6.26 Å². The van der Waals surface area contributed by atoms with Crippen molar-refractivity contribution in [1.82, 2.24) is 10.1 Å². The number of anilines is 1. The molecule has 3 aromatic rings. The Kier molecular flexibility index (Phi) is 3.48. The van der Waals surface area contributed by atoms with Crippen LogP contribution in [-0.4, -0.2) is 10.1 Å². The first-order chi connectivity index (χ1) is 10.1. The molecule has 3 rings (SSSR count). The lowest BCUT2D eigenvalue weighted by atomic mass is 9.98. The van der Waals surface area contributed by atoms with Crippen LogP contribution in [0.1, 0.15) is 30.1 Å². The zero-order chi connectivity index (χ0) is 14.8. The van der Waals surface area contributed by atoms with Gasteiger partial charge >= 0.3 is 0 Å². The summed E-state index contributed by atoms with van der Waals surface area (Å²) < 4.78 is 10.6. The number of hydrogen-bond acceptors (Lipinski definition) is 5. The van der Waals surface area contributed by atoms with Crippen molar-refractivity contribution in [2.24, 2.45) is 0 Å². The predicted molar refractivity (Wildman–Crippen MR) is 79.7 cm³/mol. The molecule has 0 bridgehead atoms. The van der Waals surface area contributed by atoms with Crippen molar-refractivity contribution >= 4 is 5.69 Å². The lowest BCUT2D eigenvalue weighted by Gasteiger charge is -2.08. The van der Waals surface area contributed by atoms with Crippen LogP contribution in [0, 0.1) is 6.92 Å². The van der Waals surface area contributed by atoms with Gasteiger partial charge in [0, 0.05) is 12.1 Å². The van der Waals surface area contributed by atoms with Crippen molar-refractivity contribution in [3.63, 3.8) is 0 Å². The van der Waals surface area contributed by atoms with E-state index in [4.69, 9.17) is 14.7 Å². The molecule has 0 amide bonds. The Morgan fingerprint density at radius 1 is 1.19 bits per heavy atom. The van der Waals surface area contributed by atoms with Crippen LogP contribution in [0.5, 0.6) is 0 Å². The van der Waals surface area contributed by atoms with Gasteiger partial charge in [-0.2, -0.15) is 4.98 Å². The van der Waals surface area contributed by atoms with E-state index < -0.39 is 0 Å². The van der Waals surface area contributed by atoms with Crippen molar-refractivity contribution in [3.05, 3.63) is 53.8 Å². The third-order valence-corrected chi connectivity index (χ3v) is 3.55. The molecule has 0 saturated carbocycles. The summed E-state index contributed by atoms with van der Waals surface area (Å²) in [6.45, 7) is 4.00. The van der Waals surface area contributed by atoms with Crippen LogP contribution in [0.25, 0.3) is 11.4 Å². The number of nitrogens with zero attached hydrogens (tertiary/aromatic N) is 2. The molecule has 5 heteroatoms. The lowest BCUT2D eigenvalue weighted by Crippen LogP contribution is -1.99. The first-order valence-corrected chi connectivity index (χ1v) is 6.86. The quantitative estimate of drug-likeness (QED) is 0.740. The minimum Gasteiger partial charge on any atom is -0.469 e. The highest BCUT2D eigenvalue weighted by Gasteiger charge is 2.15. The standard InChI is InChI=1S/C16H17N3O2/c1-10(12-3-5-13(17)6-4-12)9-15-18-16(19-21-15)14-7-8-20-11(14)2/h3-8,10H,9,17H2,1-2H3. The number of hydrogen-bond donors (Lipinski definition) is 1. The molecule has 0 aliphatic heterocycles. The predicted octanol–water partition coefficient (Wildman–Crippen LogP) is 3.57. The van der Waals surface area contributed by atoms with E-state index in [2.05, 4.69) is 17.1 Å². The smallest absolute Gasteiger partial charge is 0.227 e. The third kappa shape index (κ3) is 2.81. The molecule has 0 fully saturated rings. The van der Waals surface area contributed by atoms with E-state index in [9.17, 15) is 0 Å². The highest BCUT2D eigenvalue weighted by Crippen LogP contribution is 2.24. The number of aromatic nitrogens is 2. The van der Waals surface area contributed by atoms with Crippen molar-refractivity contribution in [2.75, 3.05) is 5.73 Å². The number of nitrogen functional groups attached to an aromatic ring is 1. The van der Waals surface area contributed by atoms with Crippen molar-refractivity contribution in [1.29, 1.82) is 0 Å². The molecule has 0 radical (unpaired) electrons. The Labute approximate surface area is 122 Å². The highest BCUT2D eigenvalue weighted by atomic mass is 16.5. The van der Waals surface area contributed by atoms with Crippen LogP contribution in [0.4, 0.5) is 5.69 Å². The molecule has 1 aromatic carbocycles. The summed E-state index contributed by atoms with van der Waals surface area (Å²) in [4.78, 5) is 4.43. The Hall–Kier alpha value is -2.56. The van der Waals surface area contributed by atoms with Gasteiger partial charge in [0.15, 0.2) is 0 Å². The van der Waals surface area contributed by atoms with E-state index in [0.29, 0.717) is 18.1 Å². The van der Waals surface area contributed by atoms with Gasteiger partial charge < -0.3 is 14.7 Å².